The van der Waals surface area contributed by atoms with Crippen molar-refractivity contribution >= 4 is 12.0 Å². The van der Waals surface area contributed by atoms with E-state index in [2.05, 4.69) is 4.98 Å². The van der Waals surface area contributed by atoms with E-state index < -0.39 is 0 Å². The zero-order valence-corrected chi connectivity index (χ0v) is 11.9. The molecule has 0 spiro atoms. The highest BCUT2D eigenvalue weighted by molar-refractivity contribution is 5.91. The molecular weight excluding hydrogens is 252 g/mol. The summed E-state index contributed by atoms with van der Waals surface area (Å²) in [7, 11) is 1.86. The first-order valence-corrected chi connectivity index (χ1v) is 7.17. The lowest BCUT2D eigenvalue weighted by Crippen LogP contribution is -2.39. The van der Waals surface area contributed by atoms with Crippen molar-refractivity contribution in [2.45, 2.75) is 31.7 Å². The van der Waals surface area contributed by atoms with E-state index in [0.29, 0.717) is 12.0 Å². The number of carbonyl (C=O) groups is 1. The summed E-state index contributed by atoms with van der Waals surface area (Å²) in [5, 5.41) is 9.14. The topological polar surface area (TPSA) is 53.4 Å². The number of hydrogen-bond donors (Lipinski definition) is 1. The highest BCUT2D eigenvalue weighted by Crippen LogP contribution is 2.26. The SMILES string of the molecule is CN(C(=O)/C=C/c1ccccn1)C1CCC(CO)CC1. The van der Waals surface area contributed by atoms with Gasteiger partial charge in [0.1, 0.15) is 0 Å². The molecule has 108 valence electrons. The fourth-order valence-corrected chi connectivity index (χ4v) is 2.64. The van der Waals surface area contributed by atoms with Crippen LogP contribution in [0, 0.1) is 5.92 Å². The predicted molar refractivity (Wildman–Crippen MR) is 78.9 cm³/mol. The number of amides is 1. The van der Waals surface area contributed by atoms with Gasteiger partial charge in [0.05, 0.1) is 5.69 Å². The zero-order valence-electron chi connectivity index (χ0n) is 11.9. The van der Waals surface area contributed by atoms with Gasteiger partial charge in [-0.2, -0.15) is 0 Å². The molecule has 1 saturated carbocycles. The molecule has 1 N–H and O–H groups in total. The normalized spacial score (nSPS) is 22.9. The lowest BCUT2D eigenvalue weighted by molar-refractivity contribution is -0.127. The van der Waals surface area contributed by atoms with Gasteiger partial charge in [-0.3, -0.25) is 9.78 Å². The Morgan fingerprint density at radius 3 is 2.75 bits per heavy atom. The molecule has 1 amide bonds. The van der Waals surface area contributed by atoms with Gasteiger partial charge in [-0.05, 0) is 49.8 Å². The molecule has 0 atom stereocenters. The first kappa shape index (κ1) is 14.7. The molecule has 1 aromatic rings. The molecule has 1 aliphatic carbocycles. The molecule has 20 heavy (non-hydrogen) atoms. The molecule has 0 aromatic carbocycles. The maximum atomic E-state index is 12.1. The largest absolute Gasteiger partial charge is 0.396 e. The van der Waals surface area contributed by atoms with E-state index in [-0.39, 0.29) is 12.5 Å². The molecule has 2 rings (SSSR count). The third-order valence-electron chi connectivity index (χ3n) is 4.05. The summed E-state index contributed by atoms with van der Waals surface area (Å²) in [6.07, 6.45) is 9.00. The van der Waals surface area contributed by atoms with Crippen molar-refractivity contribution in [1.29, 1.82) is 0 Å². The van der Waals surface area contributed by atoms with Gasteiger partial charge in [0, 0.05) is 32.0 Å². The van der Waals surface area contributed by atoms with Crippen molar-refractivity contribution in [3.63, 3.8) is 0 Å². The van der Waals surface area contributed by atoms with Gasteiger partial charge in [0.15, 0.2) is 0 Å². The Morgan fingerprint density at radius 2 is 2.15 bits per heavy atom. The van der Waals surface area contributed by atoms with Crippen LogP contribution in [0.4, 0.5) is 0 Å². The van der Waals surface area contributed by atoms with Crippen LogP contribution in [0.3, 0.4) is 0 Å². The van der Waals surface area contributed by atoms with Crippen molar-refractivity contribution in [1.82, 2.24) is 9.88 Å². The number of likely N-dealkylation sites (N-methyl/N-ethyl adjacent to an activating group) is 1. The van der Waals surface area contributed by atoms with Gasteiger partial charge in [0.25, 0.3) is 0 Å². The summed E-state index contributed by atoms with van der Waals surface area (Å²) < 4.78 is 0. The third kappa shape index (κ3) is 3.90. The van der Waals surface area contributed by atoms with Crippen molar-refractivity contribution in [3.8, 4) is 0 Å². The number of aromatic nitrogens is 1. The summed E-state index contributed by atoms with van der Waals surface area (Å²) in [6.45, 7) is 0.268. The second-order valence-electron chi connectivity index (χ2n) is 5.39. The van der Waals surface area contributed by atoms with Crippen LogP contribution in [-0.2, 0) is 4.79 Å². The van der Waals surface area contributed by atoms with Crippen LogP contribution in [0.1, 0.15) is 31.4 Å². The van der Waals surface area contributed by atoms with Crippen LogP contribution >= 0.6 is 0 Å². The standard InChI is InChI=1S/C16H22N2O2/c1-18(15-8-5-13(12-19)6-9-15)16(20)10-7-14-4-2-3-11-17-14/h2-4,7,10-11,13,15,19H,5-6,8-9,12H2,1H3/b10-7+. The first-order chi connectivity index (χ1) is 9.70. The van der Waals surface area contributed by atoms with Gasteiger partial charge < -0.3 is 10.0 Å². The molecular formula is C16H22N2O2. The number of hydrogen-bond acceptors (Lipinski definition) is 3. The molecule has 1 aliphatic rings. The summed E-state index contributed by atoms with van der Waals surface area (Å²) >= 11 is 0. The van der Waals surface area contributed by atoms with E-state index in [1.807, 2.05) is 30.1 Å². The second kappa shape index (κ2) is 7.20. The van der Waals surface area contributed by atoms with Gasteiger partial charge in [0.2, 0.25) is 5.91 Å². The van der Waals surface area contributed by atoms with Gasteiger partial charge in [-0.15, -0.1) is 0 Å². The Bertz CT molecular complexity index is 451. The molecule has 4 nitrogen and oxygen atoms in total. The van der Waals surface area contributed by atoms with E-state index >= 15 is 0 Å². The molecule has 1 aromatic heterocycles. The molecule has 0 radical (unpaired) electrons. The molecule has 1 heterocycles. The lowest BCUT2D eigenvalue weighted by atomic mass is 9.86. The monoisotopic (exact) mass is 274 g/mol. The van der Waals surface area contributed by atoms with E-state index in [0.717, 1.165) is 31.4 Å². The minimum absolute atomic E-state index is 0.0168. The van der Waals surface area contributed by atoms with Gasteiger partial charge >= 0.3 is 0 Å². The Balaban J connectivity index is 1.88. The maximum absolute atomic E-state index is 12.1. The van der Waals surface area contributed by atoms with Crippen molar-refractivity contribution in [2.24, 2.45) is 5.92 Å². The van der Waals surface area contributed by atoms with Crippen LogP contribution in [0.2, 0.25) is 0 Å². The van der Waals surface area contributed by atoms with E-state index in [1.165, 1.54) is 0 Å². The van der Waals surface area contributed by atoms with Gasteiger partial charge in [-0.25, -0.2) is 0 Å². The maximum Gasteiger partial charge on any atom is 0.246 e. The van der Waals surface area contributed by atoms with Crippen LogP contribution in [0.25, 0.3) is 6.08 Å². The van der Waals surface area contributed by atoms with Crippen LogP contribution in [-0.4, -0.2) is 40.6 Å². The highest BCUT2D eigenvalue weighted by Gasteiger charge is 2.25. The Kier molecular flexibility index (Phi) is 5.30. The number of aliphatic hydroxyl groups is 1. The Morgan fingerprint density at radius 1 is 1.40 bits per heavy atom. The molecule has 0 unspecified atom stereocenters. The summed E-state index contributed by atoms with van der Waals surface area (Å²) in [6, 6.07) is 5.91. The number of carbonyl (C=O) groups excluding carboxylic acids is 1. The average Bonchev–Trinajstić information content (AvgIpc) is 2.53. The minimum atomic E-state index is 0.0168. The van der Waals surface area contributed by atoms with E-state index in [1.54, 1.807) is 18.3 Å². The smallest absolute Gasteiger partial charge is 0.246 e. The number of rotatable bonds is 4. The molecule has 1 fully saturated rings. The van der Waals surface area contributed by atoms with Gasteiger partial charge in [-0.1, -0.05) is 6.07 Å². The average molecular weight is 274 g/mol. The highest BCUT2D eigenvalue weighted by atomic mass is 16.3. The zero-order chi connectivity index (χ0) is 14.4. The van der Waals surface area contributed by atoms with E-state index in [4.69, 9.17) is 5.11 Å². The van der Waals surface area contributed by atoms with Crippen LogP contribution in [0.5, 0.6) is 0 Å². The van der Waals surface area contributed by atoms with Crippen molar-refractivity contribution in [3.05, 3.63) is 36.2 Å². The summed E-state index contributed by atoms with van der Waals surface area (Å²) in [5.74, 6) is 0.432. The Labute approximate surface area is 120 Å². The number of pyridine rings is 1. The number of nitrogens with zero attached hydrogens (tertiary/aromatic N) is 2. The second-order valence-corrected chi connectivity index (χ2v) is 5.39. The third-order valence-corrected chi connectivity index (χ3v) is 4.05. The van der Waals surface area contributed by atoms with Crippen molar-refractivity contribution < 1.29 is 9.90 Å². The summed E-state index contributed by atoms with van der Waals surface area (Å²) in [5.41, 5.74) is 0.790. The molecule has 0 saturated heterocycles. The number of aliphatic hydroxyl groups excluding tert-OH is 1. The quantitative estimate of drug-likeness (QED) is 0.856. The summed E-state index contributed by atoms with van der Waals surface area (Å²) in [4.78, 5) is 18.1. The lowest BCUT2D eigenvalue weighted by Gasteiger charge is -2.33. The first-order valence-electron chi connectivity index (χ1n) is 7.17. The van der Waals surface area contributed by atoms with Crippen LogP contribution in [0.15, 0.2) is 30.5 Å². The molecule has 0 aliphatic heterocycles. The van der Waals surface area contributed by atoms with Crippen molar-refractivity contribution in [2.75, 3.05) is 13.7 Å². The minimum Gasteiger partial charge on any atom is -0.396 e. The van der Waals surface area contributed by atoms with E-state index in [9.17, 15) is 4.79 Å². The molecule has 4 heteroatoms. The van der Waals surface area contributed by atoms with Crippen LogP contribution < -0.4 is 0 Å². The Hall–Kier alpha value is -1.68. The predicted octanol–water partition coefficient (Wildman–Crippen LogP) is 2.10. The fraction of sp³-hybridized carbons (Fsp3) is 0.500. The molecule has 0 bridgehead atoms. The fourth-order valence-electron chi connectivity index (χ4n) is 2.64.